The summed E-state index contributed by atoms with van der Waals surface area (Å²) in [5.74, 6) is -1.61. The molecular weight excluding hydrogens is 230 g/mol. The first-order valence-corrected chi connectivity index (χ1v) is 4.63. The molecular formula is C8H11N5O4. The maximum atomic E-state index is 11.2. The van der Waals surface area contributed by atoms with Gasteiger partial charge < -0.3 is 10.4 Å². The standard InChI is InChI=1S/C8H11N5O4/c1-9-8(17)10-6(14)4-13-3-5(11-12-13)2-7(15)16/h3H,2,4H2,1H3,(H,15,16)(H2,9,10,14,17). The minimum absolute atomic E-state index is 0.208. The lowest BCUT2D eigenvalue weighted by atomic mass is 10.3. The predicted octanol–water partition coefficient (Wildman–Crippen LogP) is -1.64. The number of amides is 3. The van der Waals surface area contributed by atoms with Crippen LogP contribution in [0.5, 0.6) is 0 Å². The van der Waals surface area contributed by atoms with E-state index in [-0.39, 0.29) is 18.7 Å². The van der Waals surface area contributed by atoms with Gasteiger partial charge in [0.2, 0.25) is 5.91 Å². The summed E-state index contributed by atoms with van der Waals surface area (Å²) in [4.78, 5) is 32.4. The van der Waals surface area contributed by atoms with E-state index >= 15 is 0 Å². The minimum Gasteiger partial charge on any atom is -0.481 e. The SMILES string of the molecule is CNC(=O)NC(=O)Cn1cc(CC(=O)O)nn1. The molecule has 0 aliphatic heterocycles. The van der Waals surface area contributed by atoms with Crippen LogP contribution in [0.15, 0.2) is 6.20 Å². The zero-order valence-electron chi connectivity index (χ0n) is 9.01. The lowest BCUT2D eigenvalue weighted by Crippen LogP contribution is -2.39. The number of nitrogens with zero attached hydrogens (tertiary/aromatic N) is 3. The maximum absolute atomic E-state index is 11.2. The molecule has 0 aliphatic carbocycles. The Morgan fingerprint density at radius 2 is 2.18 bits per heavy atom. The second-order valence-corrected chi connectivity index (χ2v) is 3.11. The molecule has 0 saturated carbocycles. The van der Waals surface area contributed by atoms with Crippen LogP contribution in [-0.4, -0.2) is 45.1 Å². The fraction of sp³-hybridized carbons (Fsp3) is 0.375. The van der Waals surface area contributed by atoms with E-state index in [0.29, 0.717) is 0 Å². The van der Waals surface area contributed by atoms with Crippen molar-refractivity contribution < 1.29 is 19.5 Å². The molecule has 0 aromatic carbocycles. The van der Waals surface area contributed by atoms with Crippen molar-refractivity contribution in [2.45, 2.75) is 13.0 Å². The van der Waals surface area contributed by atoms with Gasteiger partial charge in [-0.15, -0.1) is 5.10 Å². The summed E-state index contributed by atoms with van der Waals surface area (Å²) >= 11 is 0. The van der Waals surface area contributed by atoms with Gasteiger partial charge in [0, 0.05) is 13.2 Å². The van der Waals surface area contributed by atoms with Gasteiger partial charge in [0.05, 0.1) is 12.1 Å². The Bertz CT molecular complexity index is 441. The third-order valence-corrected chi connectivity index (χ3v) is 1.70. The Morgan fingerprint density at radius 3 is 2.76 bits per heavy atom. The van der Waals surface area contributed by atoms with Crippen molar-refractivity contribution >= 4 is 17.9 Å². The molecule has 9 heteroatoms. The van der Waals surface area contributed by atoms with Gasteiger partial charge >= 0.3 is 12.0 Å². The fourth-order valence-electron chi connectivity index (χ4n) is 1.03. The van der Waals surface area contributed by atoms with Crippen LogP contribution in [-0.2, 0) is 22.6 Å². The van der Waals surface area contributed by atoms with Crippen molar-refractivity contribution in [2.24, 2.45) is 0 Å². The molecule has 3 amide bonds. The molecule has 0 fully saturated rings. The van der Waals surface area contributed by atoms with E-state index < -0.39 is 17.9 Å². The van der Waals surface area contributed by atoms with Crippen LogP contribution in [0.2, 0.25) is 0 Å². The van der Waals surface area contributed by atoms with Crippen LogP contribution in [0.25, 0.3) is 0 Å². The van der Waals surface area contributed by atoms with E-state index in [1.54, 1.807) is 0 Å². The van der Waals surface area contributed by atoms with E-state index in [1.807, 2.05) is 5.32 Å². The monoisotopic (exact) mass is 241 g/mol. The molecule has 0 spiro atoms. The molecule has 3 N–H and O–H groups in total. The molecule has 0 bridgehead atoms. The number of carbonyl (C=O) groups excluding carboxylic acids is 2. The van der Waals surface area contributed by atoms with Crippen molar-refractivity contribution in [3.05, 3.63) is 11.9 Å². The first kappa shape index (κ1) is 12.6. The maximum Gasteiger partial charge on any atom is 0.321 e. The lowest BCUT2D eigenvalue weighted by molar-refractivity contribution is -0.136. The lowest BCUT2D eigenvalue weighted by Gasteiger charge is -2.01. The summed E-state index contributed by atoms with van der Waals surface area (Å²) in [5.41, 5.74) is 0.241. The Labute approximate surface area is 95.8 Å². The molecule has 1 aromatic rings. The molecule has 9 nitrogen and oxygen atoms in total. The van der Waals surface area contributed by atoms with E-state index in [9.17, 15) is 14.4 Å². The smallest absolute Gasteiger partial charge is 0.321 e. The summed E-state index contributed by atoms with van der Waals surface area (Å²) in [6, 6.07) is -0.624. The summed E-state index contributed by atoms with van der Waals surface area (Å²) in [5, 5.41) is 19.9. The van der Waals surface area contributed by atoms with Gasteiger partial charge in [-0.25, -0.2) is 9.48 Å². The van der Waals surface area contributed by atoms with Gasteiger partial charge in [-0.3, -0.25) is 14.9 Å². The van der Waals surface area contributed by atoms with Gasteiger partial charge in [0.1, 0.15) is 6.54 Å². The molecule has 1 rings (SSSR count). The first-order chi connectivity index (χ1) is 8.01. The number of rotatable bonds is 4. The van der Waals surface area contributed by atoms with Gasteiger partial charge in [-0.1, -0.05) is 5.21 Å². The van der Waals surface area contributed by atoms with E-state index in [1.165, 1.54) is 13.2 Å². The minimum atomic E-state index is -1.04. The van der Waals surface area contributed by atoms with Crippen molar-refractivity contribution in [1.29, 1.82) is 0 Å². The van der Waals surface area contributed by atoms with Gasteiger partial charge in [0.25, 0.3) is 0 Å². The van der Waals surface area contributed by atoms with Crippen molar-refractivity contribution in [2.75, 3.05) is 7.05 Å². The average Bonchev–Trinajstić information content (AvgIpc) is 2.63. The third-order valence-electron chi connectivity index (χ3n) is 1.70. The second-order valence-electron chi connectivity index (χ2n) is 3.11. The van der Waals surface area contributed by atoms with Crippen molar-refractivity contribution in [3.8, 4) is 0 Å². The number of carboxylic acids is 1. The number of aliphatic carboxylic acids is 1. The average molecular weight is 241 g/mol. The van der Waals surface area contributed by atoms with E-state index in [2.05, 4.69) is 15.6 Å². The molecule has 0 saturated heterocycles. The molecule has 0 unspecified atom stereocenters. The zero-order valence-corrected chi connectivity index (χ0v) is 9.01. The van der Waals surface area contributed by atoms with Crippen LogP contribution in [0, 0.1) is 0 Å². The molecule has 17 heavy (non-hydrogen) atoms. The largest absolute Gasteiger partial charge is 0.481 e. The number of hydrogen-bond donors (Lipinski definition) is 3. The highest BCUT2D eigenvalue weighted by Crippen LogP contribution is 1.94. The Hall–Kier alpha value is -2.45. The van der Waals surface area contributed by atoms with Crippen LogP contribution in [0.3, 0.4) is 0 Å². The highest BCUT2D eigenvalue weighted by Gasteiger charge is 2.10. The highest BCUT2D eigenvalue weighted by molar-refractivity contribution is 5.93. The fourth-order valence-corrected chi connectivity index (χ4v) is 1.03. The Kier molecular flexibility index (Phi) is 4.14. The van der Waals surface area contributed by atoms with E-state index in [4.69, 9.17) is 5.11 Å². The zero-order chi connectivity index (χ0) is 12.8. The first-order valence-electron chi connectivity index (χ1n) is 4.63. The molecule has 0 aliphatic rings. The number of nitrogens with one attached hydrogen (secondary N) is 2. The molecule has 92 valence electrons. The number of carbonyl (C=O) groups is 3. The summed E-state index contributed by atoms with van der Waals surface area (Å²) in [6.45, 7) is -0.208. The Balaban J connectivity index is 2.51. The van der Waals surface area contributed by atoms with Crippen molar-refractivity contribution in [1.82, 2.24) is 25.6 Å². The van der Waals surface area contributed by atoms with Gasteiger partial charge in [0.15, 0.2) is 0 Å². The topological polar surface area (TPSA) is 126 Å². The summed E-state index contributed by atoms with van der Waals surface area (Å²) in [6.07, 6.45) is 1.06. The number of urea groups is 1. The predicted molar refractivity (Wildman–Crippen MR) is 54.0 cm³/mol. The number of imide groups is 1. The van der Waals surface area contributed by atoms with Crippen LogP contribution in [0.4, 0.5) is 4.79 Å². The second kappa shape index (κ2) is 5.58. The van der Waals surface area contributed by atoms with E-state index in [0.717, 1.165) is 4.68 Å². The molecule has 1 aromatic heterocycles. The van der Waals surface area contributed by atoms with Gasteiger partial charge in [-0.2, -0.15) is 0 Å². The van der Waals surface area contributed by atoms with Crippen molar-refractivity contribution in [3.63, 3.8) is 0 Å². The van der Waals surface area contributed by atoms with Gasteiger partial charge in [-0.05, 0) is 0 Å². The summed E-state index contributed by atoms with van der Waals surface area (Å²) < 4.78 is 1.15. The molecule has 0 atom stereocenters. The normalized spacial score (nSPS) is 9.71. The number of aromatic nitrogens is 3. The Morgan fingerprint density at radius 1 is 1.47 bits per heavy atom. The number of hydrogen-bond acceptors (Lipinski definition) is 5. The highest BCUT2D eigenvalue weighted by atomic mass is 16.4. The van der Waals surface area contributed by atoms with Crippen LogP contribution >= 0.6 is 0 Å². The quantitative estimate of drug-likeness (QED) is 0.580. The third kappa shape index (κ3) is 4.28. The molecule has 0 radical (unpaired) electrons. The van der Waals surface area contributed by atoms with Crippen LogP contribution < -0.4 is 10.6 Å². The van der Waals surface area contributed by atoms with Crippen LogP contribution in [0.1, 0.15) is 5.69 Å². The summed E-state index contributed by atoms with van der Waals surface area (Å²) in [7, 11) is 1.38. The number of carboxylic acid groups (broad SMARTS) is 1. The molecule has 1 heterocycles.